The number of unbranched alkanes of at least 4 members (excludes halogenated alkanes) is 1. The van der Waals surface area contributed by atoms with Crippen LogP contribution in [0.3, 0.4) is 0 Å². The highest BCUT2D eigenvalue weighted by Gasteiger charge is 2.17. The Bertz CT molecular complexity index is 1050. The number of rotatable bonds is 9. The van der Waals surface area contributed by atoms with Gasteiger partial charge in [-0.1, -0.05) is 33.1 Å². The molecule has 31 heavy (non-hydrogen) atoms. The smallest absolute Gasteiger partial charge is 0.338 e. The summed E-state index contributed by atoms with van der Waals surface area (Å²) >= 11 is 0. The lowest BCUT2D eigenvalue weighted by molar-refractivity contribution is 0.0428. The number of aromatic nitrogens is 1. The monoisotopic (exact) mass is 424 g/mol. The molecular weight excluding hydrogens is 396 g/mol. The Morgan fingerprint density at radius 1 is 1.26 bits per heavy atom. The summed E-state index contributed by atoms with van der Waals surface area (Å²) in [7, 11) is 1.35. The third kappa shape index (κ3) is 5.79. The summed E-state index contributed by atoms with van der Waals surface area (Å²) in [6.45, 7) is 6.16. The van der Waals surface area contributed by atoms with Crippen molar-refractivity contribution in [1.29, 1.82) is 5.26 Å². The van der Waals surface area contributed by atoms with Crippen molar-refractivity contribution in [3.63, 3.8) is 0 Å². The van der Waals surface area contributed by atoms with Crippen LogP contribution < -0.4 is 5.56 Å². The van der Waals surface area contributed by atoms with E-state index in [1.165, 1.54) is 14.0 Å². The molecule has 1 unspecified atom stereocenters. The largest absolute Gasteiger partial charge is 0.493 e. The molecule has 0 aliphatic rings. The predicted octanol–water partition coefficient (Wildman–Crippen LogP) is 5.06. The summed E-state index contributed by atoms with van der Waals surface area (Å²) in [5, 5.41) is 27.1. The van der Waals surface area contributed by atoms with Crippen molar-refractivity contribution in [1.82, 2.24) is 4.57 Å². The van der Waals surface area contributed by atoms with Crippen LogP contribution in [0, 0.1) is 24.2 Å². The Labute approximate surface area is 181 Å². The normalized spacial score (nSPS) is 12.0. The van der Waals surface area contributed by atoms with Crippen LogP contribution in [0.4, 0.5) is 11.4 Å². The summed E-state index contributed by atoms with van der Waals surface area (Å²) in [6.07, 6.45) is 4.25. The molecule has 1 aromatic heterocycles. The standard InChI is InChI=1S/C23H28N4O4/c1-5-7-8-16(6-2)14-31-23(30)17-9-11-18(12-10-17)25-26-20-15(3)19(13-24)21(28)27(4)22(20)29/h9-12,16,28H,5-8,14H2,1-4H3. The zero-order chi connectivity index (χ0) is 23.0. The molecule has 1 atom stereocenters. The molecule has 0 bridgehead atoms. The van der Waals surface area contributed by atoms with Gasteiger partial charge in [0.25, 0.3) is 5.56 Å². The lowest BCUT2D eigenvalue weighted by Gasteiger charge is -2.14. The Morgan fingerprint density at radius 2 is 1.94 bits per heavy atom. The molecule has 8 nitrogen and oxygen atoms in total. The van der Waals surface area contributed by atoms with Gasteiger partial charge in [0, 0.05) is 12.6 Å². The van der Waals surface area contributed by atoms with Crippen molar-refractivity contribution in [2.75, 3.05) is 6.61 Å². The fourth-order valence-corrected chi connectivity index (χ4v) is 3.07. The number of hydrogen-bond donors (Lipinski definition) is 1. The first-order chi connectivity index (χ1) is 14.8. The van der Waals surface area contributed by atoms with Crippen molar-refractivity contribution >= 4 is 17.3 Å². The van der Waals surface area contributed by atoms with E-state index >= 15 is 0 Å². The van der Waals surface area contributed by atoms with Gasteiger partial charge in [0.1, 0.15) is 11.6 Å². The number of ether oxygens (including phenoxy) is 1. The molecule has 8 heteroatoms. The number of hydrogen-bond acceptors (Lipinski definition) is 7. The molecule has 1 N–H and O–H groups in total. The lowest BCUT2D eigenvalue weighted by atomic mass is 10.0. The van der Waals surface area contributed by atoms with Crippen LogP contribution in [0.25, 0.3) is 0 Å². The third-order valence-electron chi connectivity index (χ3n) is 5.25. The van der Waals surface area contributed by atoms with Crippen LogP contribution in [0.2, 0.25) is 0 Å². The molecule has 2 aromatic rings. The Balaban J connectivity index is 2.12. The molecule has 0 radical (unpaired) electrons. The second-order valence-corrected chi connectivity index (χ2v) is 7.41. The Hall–Kier alpha value is -3.47. The van der Waals surface area contributed by atoms with Crippen molar-refractivity contribution in [2.45, 2.75) is 46.5 Å². The highest BCUT2D eigenvalue weighted by Crippen LogP contribution is 2.26. The molecule has 1 aromatic carbocycles. The number of nitriles is 1. The minimum Gasteiger partial charge on any atom is -0.493 e. The minimum absolute atomic E-state index is 0.0292. The summed E-state index contributed by atoms with van der Waals surface area (Å²) in [5.74, 6) is -0.432. The highest BCUT2D eigenvalue weighted by atomic mass is 16.5. The average molecular weight is 425 g/mol. The van der Waals surface area contributed by atoms with Crippen molar-refractivity contribution in [2.24, 2.45) is 23.2 Å². The SMILES string of the molecule is CCCCC(CC)COC(=O)c1ccc(N=Nc2c(C)c(C#N)c(O)n(C)c2=O)cc1. The zero-order valence-corrected chi connectivity index (χ0v) is 18.4. The van der Waals surface area contributed by atoms with Gasteiger partial charge in [0.15, 0.2) is 5.69 Å². The van der Waals surface area contributed by atoms with E-state index in [1.807, 2.05) is 6.07 Å². The second kappa shape index (κ2) is 11.1. The molecule has 164 valence electrons. The number of nitrogens with zero attached hydrogens (tertiary/aromatic N) is 4. The van der Waals surface area contributed by atoms with Gasteiger partial charge in [-0.25, -0.2) is 4.79 Å². The van der Waals surface area contributed by atoms with Crippen LogP contribution in [-0.4, -0.2) is 22.2 Å². The fraction of sp³-hybridized carbons (Fsp3) is 0.435. The first-order valence-electron chi connectivity index (χ1n) is 10.4. The number of carbonyl (C=O) groups is 1. The van der Waals surface area contributed by atoms with Crippen molar-refractivity contribution in [3.8, 4) is 11.9 Å². The quantitative estimate of drug-likeness (QED) is 0.446. The number of azo groups is 1. The Morgan fingerprint density at radius 3 is 2.52 bits per heavy atom. The third-order valence-corrected chi connectivity index (χ3v) is 5.25. The number of esters is 1. The van der Waals surface area contributed by atoms with Crippen LogP contribution in [0.1, 0.15) is 61.0 Å². The minimum atomic E-state index is -0.563. The predicted molar refractivity (Wildman–Crippen MR) is 117 cm³/mol. The molecule has 1 heterocycles. The zero-order valence-electron chi connectivity index (χ0n) is 18.4. The van der Waals surface area contributed by atoms with Crippen LogP contribution in [0.15, 0.2) is 39.3 Å². The summed E-state index contributed by atoms with van der Waals surface area (Å²) in [5.41, 5.74) is 0.468. The second-order valence-electron chi connectivity index (χ2n) is 7.41. The van der Waals surface area contributed by atoms with Gasteiger partial charge in [-0.15, -0.1) is 5.11 Å². The molecule has 0 aliphatic carbocycles. The first kappa shape index (κ1) is 23.8. The van der Waals surface area contributed by atoms with Crippen LogP contribution >= 0.6 is 0 Å². The maximum absolute atomic E-state index is 12.3. The fourth-order valence-electron chi connectivity index (χ4n) is 3.07. The molecular formula is C23H28N4O4. The molecule has 0 saturated heterocycles. The maximum atomic E-state index is 12.3. The number of benzene rings is 1. The van der Waals surface area contributed by atoms with E-state index in [4.69, 9.17) is 4.74 Å². The lowest BCUT2D eigenvalue weighted by Crippen LogP contribution is -2.18. The molecule has 0 aliphatic heterocycles. The van der Waals surface area contributed by atoms with E-state index in [-0.39, 0.29) is 22.8 Å². The maximum Gasteiger partial charge on any atom is 0.338 e. The molecule has 2 rings (SSSR count). The molecule has 0 spiro atoms. The van der Waals surface area contributed by atoms with Gasteiger partial charge < -0.3 is 9.84 Å². The van der Waals surface area contributed by atoms with E-state index in [0.29, 0.717) is 23.8 Å². The number of pyridine rings is 1. The van der Waals surface area contributed by atoms with E-state index in [2.05, 4.69) is 24.1 Å². The van der Waals surface area contributed by atoms with E-state index < -0.39 is 11.4 Å². The summed E-state index contributed by atoms with van der Waals surface area (Å²) in [4.78, 5) is 24.6. The van der Waals surface area contributed by atoms with Gasteiger partial charge >= 0.3 is 5.97 Å². The Kier molecular flexibility index (Phi) is 8.50. The van der Waals surface area contributed by atoms with E-state index in [9.17, 15) is 20.0 Å². The number of carbonyl (C=O) groups excluding carboxylic acids is 1. The highest BCUT2D eigenvalue weighted by molar-refractivity contribution is 5.89. The van der Waals surface area contributed by atoms with Gasteiger partial charge in [-0.2, -0.15) is 10.4 Å². The summed E-state index contributed by atoms with van der Waals surface area (Å²) < 4.78 is 6.38. The van der Waals surface area contributed by atoms with Gasteiger partial charge in [0.2, 0.25) is 5.88 Å². The van der Waals surface area contributed by atoms with Crippen molar-refractivity contribution < 1.29 is 14.6 Å². The summed E-state index contributed by atoms with van der Waals surface area (Å²) in [6, 6.07) is 8.24. The molecule has 0 fully saturated rings. The van der Waals surface area contributed by atoms with Gasteiger partial charge in [-0.3, -0.25) is 9.36 Å². The van der Waals surface area contributed by atoms with Gasteiger partial charge in [0.05, 0.1) is 17.9 Å². The molecule has 0 saturated carbocycles. The van der Waals surface area contributed by atoms with Crippen LogP contribution in [0.5, 0.6) is 5.88 Å². The number of aromatic hydroxyl groups is 1. The van der Waals surface area contributed by atoms with E-state index in [1.54, 1.807) is 24.3 Å². The average Bonchev–Trinajstić information content (AvgIpc) is 2.78. The van der Waals surface area contributed by atoms with Crippen molar-refractivity contribution in [3.05, 3.63) is 51.3 Å². The topological polar surface area (TPSA) is 117 Å². The first-order valence-corrected chi connectivity index (χ1v) is 10.4. The van der Waals surface area contributed by atoms with Gasteiger partial charge in [-0.05, 0) is 43.5 Å². The molecule has 0 amide bonds. The van der Waals surface area contributed by atoms with E-state index in [0.717, 1.165) is 30.3 Å². The van der Waals surface area contributed by atoms with Crippen LogP contribution in [-0.2, 0) is 11.8 Å².